The number of rotatable bonds is 8. The Morgan fingerprint density at radius 1 is 1.36 bits per heavy atom. The second kappa shape index (κ2) is 8.59. The lowest BCUT2D eigenvalue weighted by Crippen LogP contribution is -2.45. The largest absolute Gasteiger partial charge is 0.495 e. The molecule has 1 aromatic carbocycles. The van der Waals surface area contributed by atoms with Gasteiger partial charge in [0.2, 0.25) is 0 Å². The molecule has 0 amide bonds. The van der Waals surface area contributed by atoms with Gasteiger partial charge in [0.05, 0.1) is 18.6 Å². The molecule has 1 aromatic rings. The van der Waals surface area contributed by atoms with Gasteiger partial charge in [0, 0.05) is 43.9 Å². The van der Waals surface area contributed by atoms with Crippen molar-refractivity contribution in [3.63, 3.8) is 0 Å². The lowest BCUT2D eigenvalue weighted by molar-refractivity contribution is 0.415. The zero-order valence-corrected chi connectivity index (χ0v) is 17.9. The summed E-state index contributed by atoms with van der Waals surface area (Å²) in [5, 5.41) is 6.82. The molecule has 1 atom stereocenters. The number of sulfone groups is 1. The maximum absolute atomic E-state index is 11.7. The molecule has 2 aliphatic rings. The normalized spacial score (nSPS) is 21.5. The zero-order valence-electron chi connectivity index (χ0n) is 17.1. The van der Waals surface area contributed by atoms with E-state index in [0.29, 0.717) is 6.54 Å². The van der Waals surface area contributed by atoms with Crippen molar-refractivity contribution in [2.45, 2.75) is 32.2 Å². The van der Waals surface area contributed by atoms with Crippen molar-refractivity contribution < 1.29 is 13.2 Å². The number of para-hydroxylation sites is 2. The van der Waals surface area contributed by atoms with Crippen LogP contribution in [0.2, 0.25) is 0 Å². The summed E-state index contributed by atoms with van der Waals surface area (Å²) < 4.78 is 28.8. The molecule has 1 unspecified atom stereocenters. The van der Waals surface area contributed by atoms with Gasteiger partial charge in [-0.3, -0.25) is 4.99 Å². The van der Waals surface area contributed by atoms with E-state index in [1.165, 1.54) is 6.26 Å². The summed E-state index contributed by atoms with van der Waals surface area (Å²) in [4.78, 5) is 7.04. The average Bonchev–Trinajstić information content (AvgIpc) is 3.23. The number of ether oxygens (including phenoxy) is 1. The van der Waals surface area contributed by atoms with Crippen LogP contribution in [0.1, 0.15) is 26.2 Å². The number of guanidine groups is 1. The van der Waals surface area contributed by atoms with E-state index in [-0.39, 0.29) is 17.2 Å². The number of hydrogen-bond acceptors (Lipinski definition) is 5. The summed E-state index contributed by atoms with van der Waals surface area (Å²) in [6.07, 6.45) is 4.20. The molecular formula is C20H32N4O3S. The molecule has 0 radical (unpaired) electrons. The van der Waals surface area contributed by atoms with Crippen molar-refractivity contribution in [3.8, 4) is 5.75 Å². The first-order chi connectivity index (χ1) is 13.3. The van der Waals surface area contributed by atoms with E-state index in [0.717, 1.165) is 56.3 Å². The van der Waals surface area contributed by atoms with E-state index in [2.05, 4.69) is 21.6 Å². The van der Waals surface area contributed by atoms with Gasteiger partial charge in [-0.1, -0.05) is 12.1 Å². The second-order valence-electron chi connectivity index (χ2n) is 8.01. The molecule has 0 spiro atoms. The lowest BCUT2D eigenvalue weighted by Gasteiger charge is -2.22. The molecule has 1 aliphatic heterocycles. The minimum atomic E-state index is -2.98. The van der Waals surface area contributed by atoms with Gasteiger partial charge in [0.1, 0.15) is 15.6 Å². The Labute approximate surface area is 168 Å². The Bertz CT molecular complexity index is 805. The summed E-state index contributed by atoms with van der Waals surface area (Å²) in [6.45, 7) is 5.19. The number of nitrogens with zero attached hydrogens (tertiary/aromatic N) is 2. The standard InChI is InChI=1S/C20H32N4O3S/c1-4-21-19(22-14-20(10-11-20)15-28(3,25)26)23-16-9-12-24(13-16)17-7-5-6-8-18(17)27-2/h5-8,16H,4,9-15H2,1-3H3,(H2,21,22,23). The molecule has 1 heterocycles. The first kappa shape index (κ1) is 20.8. The van der Waals surface area contributed by atoms with Gasteiger partial charge in [-0.25, -0.2) is 8.42 Å². The van der Waals surface area contributed by atoms with Gasteiger partial charge >= 0.3 is 0 Å². The predicted molar refractivity (Wildman–Crippen MR) is 114 cm³/mol. The van der Waals surface area contributed by atoms with Crippen LogP contribution in [-0.2, 0) is 9.84 Å². The van der Waals surface area contributed by atoms with Gasteiger partial charge in [0.25, 0.3) is 0 Å². The minimum absolute atomic E-state index is 0.158. The van der Waals surface area contributed by atoms with Crippen LogP contribution in [0.25, 0.3) is 0 Å². The summed E-state index contributed by atoms with van der Waals surface area (Å²) in [5.74, 6) is 1.89. The third kappa shape index (κ3) is 5.53. The van der Waals surface area contributed by atoms with Crippen molar-refractivity contribution in [1.29, 1.82) is 0 Å². The zero-order chi connectivity index (χ0) is 20.2. The van der Waals surface area contributed by atoms with E-state index in [4.69, 9.17) is 9.73 Å². The van der Waals surface area contributed by atoms with Crippen molar-refractivity contribution in [3.05, 3.63) is 24.3 Å². The first-order valence-corrected chi connectivity index (χ1v) is 12.0. The lowest BCUT2D eigenvalue weighted by atomic mass is 10.1. The predicted octanol–water partition coefficient (Wildman–Crippen LogP) is 1.65. The molecule has 2 N–H and O–H groups in total. The highest BCUT2D eigenvalue weighted by atomic mass is 32.2. The van der Waals surface area contributed by atoms with E-state index in [9.17, 15) is 8.42 Å². The Balaban J connectivity index is 1.60. The topological polar surface area (TPSA) is 83.0 Å². The van der Waals surface area contributed by atoms with E-state index in [1.54, 1.807) is 7.11 Å². The Kier molecular flexibility index (Phi) is 6.37. The third-order valence-electron chi connectivity index (χ3n) is 5.40. The van der Waals surface area contributed by atoms with Gasteiger partial charge in [-0.2, -0.15) is 0 Å². The highest BCUT2D eigenvalue weighted by Crippen LogP contribution is 2.46. The van der Waals surface area contributed by atoms with Crippen LogP contribution in [0.4, 0.5) is 5.69 Å². The van der Waals surface area contributed by atoms with Crippen molar-refractivity contribution in [1.82, 2.24) is 10.6 Å². The second-order valence-corrected chi connectivity index (χ2v) is 10.2. The Morgan fingerprint density at radius 3 is 2.75 bits per heavy atom. The quantitative estimate of drug-likeness (QED) is 0.503. The number of methoxy groups -OCH3 is 1. The number of hydrogen-bond donors (Lipinski definition) is 2. The molecule has 8 heteroatoms. The van der Waals surface area contributed by atoms with Crippen LogP contribution < -0.4 is 20.3 Å². The van der Waals surface area contributed by atoms with Crippen LogP contribution in [0, 0.1) is 5.41 Å². The maximum Gasteiger partial charge on any atom is 0.191 e. The van der Waals surface area contributed by atoms with E-state index in [1.807, 2.05) is 25.1 Å². The van der Waals surface area contributed by atoms with Crippen molar-refractivity contribution in [2.24, 2.45) is 10.4 Å². The van der Waals surface area contributed by atoms with Gasteiger partial charge < -0.3 is 20.3 Å². The number of nitrogens with one attached hydrogen (secondary N) is 2. The first-order valence-electron chi connectivity index (χ1n) is 9.95. The highest BCUT2D eigenvalue weighted by Gasteiger charge is 2.45. The Hall–Kier alpha value is -1.96. The van der Waals surface area contributed by atoms with Crippen molar-refractivity contribution >= 4 is 21.5 Å². The van der Waals surface area contributed by atoms with E-state index >= 15 is 0 Å². The third-order valence-corrected chi connectivity index (χ3v) is 6.53. The molecule has 0 aromatic heterocycles. The summed E-state index contributed by atoms with van der Waals surface area (Å²) in [7, 11) is -1.28. The monoisotopic (exact) mass is 408 g/mol. The van der Waals surface area contributed by atoms with Crippen LogP contribution in [0.5, 0.6) is 5.75 Å². The molecule has 3 rings (SSSR count). The van der Waals surface area contributed by atoms with Crippen LogP contribution in [0.15, 0.2) is 29.3 Å². The van der Waals surface area contributed by atoms with E-state index < -0.39 is 9.84 Å². The molecule has 1 aliphatic carbocycles. The van der Waals surface area contributed by atoms with Gasteiger partial charge in [-0.05, 0) is 38.3 Å². The summed E-state index contributed by atoms with van der Waals surface area (Å²) >= 11 is 0. The van der Waals surface area contributed by atoms with Crippen LogP contribution in [0.3, 0.4) is 0 Å². The molecule has 1 saturated carbocycles. The molecule has 1 saturated heterocycles. The molecule has 0 bridgehead atoms. The minimum Gasteiger partial charge on any atom is -0.495 e. The molecule has 156 valence electrons. The molecule has 2 fully saturated rings. The summed E-state index contributed by atoms with van der Waals surface area (Å²) in [5.41, 5.74) is 0.955. The smallest absolute Gasteiger partial charge is 0.191 e. The fraction of sp³-hybridized carbons (Fsp3) is 0.650. The van der Waals surface area contributed by atoms with Gasteiger partial charge in [-0.15, -0.1) is 0 Å². The average molecular weight is 409 g/mol. The summed E-state index contributed by atoms with van der Waals surface area (Å²) in [6, 6.07) is 8.36. The SMILES string of the molecule is CCNC(=NCC1(CS(C)(=O)=O)CC1)NC1CCN(c2ccccc2OC)C1. The van der Waals surface area contributed by atoms with Crippen molar-refractivity contribution in [2.75, 3.05) is 50.2 Å². The fourth-order valence-corrected chi connectivity index (χ4v) is 5.32. The number of benzene rings is 1. The van der Waals surface area contributed by atoms with Crippen LogP contribution >= 0.6 is 0 Å². The number of aliphatic imine (C=N–C) groups is 1. The fourth-order valence-electron chi connectivity index (χ4n) is 3.83. The Morgan fingerprint density at radius 2 is 2.11 bits per heavy atom. The number of anilines is 1. The maximum atomic E-state index is 11.7. The molecular weight excluding hydrogens is 376 g/mol. The molecule has 7 nitrogen and oxygen atoms in total. The molecule has 28 heavy (non-hydrogen) atoms. The van der Waals surface area contributed by atoms with Crippen LogP contribution in [-0.4, -0.2) is 65.7 Å². The highest BCUT2D eigenvalue weighted by molar-refractivity contribution is 7.90. The van der Waals surface area contributed by atoms with Gasteiger partial charge in [0.15, 0.2) is 5.96 Å².